The summed E-state index contributed by atoms with van der Waals surface area (Å²) in [5.41, 5.74) is 5.28. The average Bonchev–Trinajstić information content (AvgIpc) is 3.17. The van der Waals surface area contributed by atoms with Gasteiger partial charge in [0.15, 0.2) is 5.65 Å². The molecular weight excluding hydrogens is 551 g/mol. The van der Waals surface area contributed by atoms with E-state index in [0.717, 1.165) is 46.7 Å². The lowest BCUT2D eigenvalue weighted by Crippen LogP contribution is -2.37. The average molecular weight is 583 g/mol. The van der Waals surface area contributed by atoms with Gasteiger partial charge in [0.2, 0.25) is 5.91 Å². The van der Waals surface area contributed by atoms with E-state index in [2.05, 4.69) is 36.1 Å². The Balaban J connectivity index is 1.35. The summed E-state index contributed by atoms with van der Waals surface area (Å²) in [5, 5.41) is 4.94. The van der Waals surface area contributed by atoms with Gasteiger partial charge in [-0.15, -0.1) is 11.6 Å². The molecule has 214 valence electrons. The van der Waals surface area contributed by atoms with Crippen LogP contribution >= 0.6 is 11.6 Å². The van der Waals surface area contributed by atoms with E-state index in [1.165, 1.54) is 17.7 Å². The number of carbonyl (C=O) groups excluding carboxylic acids is 1. The predicted octanol–water partition coefficient (Wildman–Crippen LogP) is 6.18. The highest BCUT2D eigenvalue weighted by atomic mass is 35.5. The van der Waals surface area contributed by atoms with Crippen LogP contribution in [0.1, 0.15) is 40.0 Å². The van der Waals surface area contributed by atoms with Crippen molar-refractivity contribution in [2.45, 2.75) is 32.1 Å². The maximum atomic E-state index is 13.7. The fraction of sp³-hybridized carbons (Fsp3) is 0.273. The molecule has 1 aliphatic heterocycles. The van der Waals surface area contributed by atoms with Crippen LogP contribution in [-0.4, -0.2) is 56.7 Å². The lowest BCUT2D eigenvalue weighted by Gasteiger charge is -2.25. The number of hydrogen-bond donors (Lipinski definition) is 0. The summed E-state index contributed by atoms with van der Waals surface area (Å²) >= 11 is 6.61. The minimum absolute atomic E-state index is 0.0853. The molecule has 0 radical (unpaired) electrons. The van der Waals surface area contributed by atoms with E-state index in [4.69, 9.17) is 26.7 Å². The molecule has 1 aliphatic rings. The highest BCUT2D eigenvalue weighted by molar-refractivity contribution is 6.30. The Labute approximate surface area is 249 Å². The van der Waals surface area contributed by atoms with E-state index >= 15 is 0 Å². The molecule has 0 N–H and O–H groups in total. The first-order valence-corrected chi connectivity index (χ1v) is 14.6. The number of aryl methyl sites for hydroxylation is 2. The number of aromatic nitrogens is 4. The molecule has 5 aromatic rings. The molecule has 3 aromatic carbocycles. The summed E-state index contributed by atoms with van der Waals surface area (Å²) in [6.45, 7) is 6.47. The zero-order valence-corrected chi connectivity index (χ0v) is 24.4. The number of amides is 1. The van der Waals surface area contributed by atoms with Gasteiger partial charge in [-0.25, -0.2) is 19.0 Å². The summed E-state index contributed by atoms with van der Waals surface area (Å²) in [5.74, 6) is 1.08. The second kappa shape index (κ2) is 11.9. The second-order valence-corrected chi connectivity index (χ2v) is 11.2. The van der Waals surface area contributed by atoms with Crippen molar-refractivity contribution in [3.63, 3.8) is 0 Å². The third kappa shape index (κ3) is 5.72. The van der Waals surface area contributed by atoms with E-state index < -0.39 is 5.38 Å². The van der Waals surface area contributed by atoms with Crippen LogP contribution in [0, 0.1) is 19.7 Å². The van der Waals surface area contributed by atoms with Crippen molar-refractivity contribution in [2.24, 2.45) is 0 Å². The zero-order valence-electron chi connectivity index (χ0n) is 23.7. The molecule has 0 aliphatic carbocycles. The molecule has 7 nitrogen and oxygen atoms in total. The molecule has 0 saturated carbocycles. The molecule has 2 aromatic heterocycles. The van der Waals surface area contributed by atoms with Crippen molar-refractivity contribution in [2.75, 3.05) is 31.1 Å². The van der Waals surface area contributed by atoms with E-state index in [9.17, 15) is 9.18 Å². The number of alkyl halides is 1. The summed E-state index contributed by atoms with van der Waals surface area (Å²) in [6, 6.07) is 24.1. The highest BCUT2D eigenvalue weighted by Gasteiger charge is 2.28. The molecule has 1 saturated heterocycles. The van der Waals surface area contributed by atoms with Crippen LogP contribution in [0.2, 0.25) is 0 Å². The Morgan fingerprint density at radius 3 is 2.38 bits per heavy atom. The van der Waals surface area contributed by atoms with Crippen LogP contribution in [0.4, 0.5) is 10.2 Å². The van der Waals surface area contributed by atoms with Gasteiger partial charge in [0.25, 0.3) is 0 Å². The van der Waals surface area contributed by atoms with Crippen molar-refractivity contribution >= 4 is 34.4 Å². The molecule has 0 unspecified atom stereocenters. The van der Waals surface area contributed by atoms with Gasteiger partial charge >= 0.3 is 0 Å². The molecular formula is C33H32ClFN6O. The van der Waals surface area contributed by atoms with Gasteiger partial charge in [0, 0.05) is 32.6 Å². The number of benzene rings is 3. The number of rotatable bonds is 6. The van der Waals surface area contributed by atoms with Crippen molar-refractivity contribution in [3.8, 4) is 5.69 Å². The zero-order chi connectivity index (χ0) is 29.2. The summed E-state index contributed by atoms with van der Waals surface area (Å²) in [7, 11) is 0. The molecule has 6 rings (SSSR count). The van der Waals surface area contributed by atoms with E-state index in [-0.39, 0.29) is 11.7 Å². The fourth-order valence-electron chi connectivity index (χ4n) is 5.44. The molecule has 1 amide bonds. The molecule has 1 fully saturated rings. The van der Waals surface area contributed by atoms with Gasteiger partial charge in [-0.3, -0.25) is 4.79 Å². The third-order valence-corrected chi connectivity index (χ3v) is 8.14. The van der Waals surface area contributed by atoms with Crippen molar-refractivity contribution in [3.05, 3.63) is 113 Å². The number of nitrogens with zero attached hydrogens (tertiary/aromatic N) is 6. The highest BCUT2D eigenvalue weighted by Crippen LogP contribution is 2.31. The first-order valence-electron chi connectivity index (χ1n) is 14.2. The molecule has 0 spiro atoms. The number of hydrogen-bond acceptors (Lipinski definition) is 5. The molecule has 3 heterocycles. The Hall–Kier alpha value is -4.30. The Kier molecular flexibility index (Phi) is 7.89. The van der Waals surface area contributed by atoms with E-state index in [1.807, 2.05) is 42.2 Å². The van der Waals surface area contributed by atoms with Gasteiger partial charge in [-0.2, -0.15) is 5.10 Å². The van der Waals surface area contributed by atoms with Crippen molar-refractivity contribution in [1.29, 1.82) is 0 Å². The second-order valence-electron chi connectivity index (χ2n) is 10.7. The van der Waals surface area contributed by atoms with Crippen LogP contribution in [0.3, 0.4) is 0 Å². The Morgan fingerprint density at radius 1 is 0.905 bits per heavy atom. The minimum Gasteiger partial charge on any atom is -0.354 e. The van der Waals surface area contributed by atoms with Crippen LogP contribution in [-0.2, 0) is 11.2 Å². The van der Waals surface area contributed by atoms with Crippen LogP contribution in [0.25, 0.3) is 16.7 Å². The summed E-state index contributed by atoms with van der Waals surface area (Å²) < 4.78 is 15.5. The standard InChI is InChI=1S/C33H32ClFN6O/c1-22-9-11-24(12-10-22)21-28-36-31(29-23(2)38-41(32(29)37-28)27-15-13-26(35)14-16-27)39-17-6-18-40(20-19-39)33(42)30(34)25-7-4-3-5-8-25/h3-5,7-16,30H,6,17-21H2,1-2H3/t30-/m0/s1. The largest absolute Gasteiger partial charge is 0.354 e. The number of carbonyl (C=O) groups is 1. The van der Waals surface area contributed by atoms with Gasteiger partial charge in [0.05, 0.1) is 16.8 Å². The van der Waals surface area contributed by atoms with Crippen LogP contribution < -0.4 is 4.90 Å². The maximum Gasteiger partial charge on any atom is 0.245 e. The van der Waals surface area contributed by atoms with Gasteiger partial charge < -0.3 is 9.80 Å². The predicted molar refractivity (Wildman–Crippen MR) is 164 cm³/mol. The van der Waals surface area contributed by atoms with Gasteiger partial charge in [-0.1, -0.05) is 60.2 Å². The lowest BCUT2D eigenvalue weighted by molar-refractivity contribution is -0.130. The molecule has 42 heavy (non-hydrogen) atoms. The van der Waals surface area contributed by atoms with Gasteiger partial charge in [-0.05, 0) is 55.7 Å². The first-order chi connectivity index (χ1) is 20.4. The topological polar surface area (TPSA) is 67.2 Å². The van der Waals surface area contributed by atoms with Gasteiger partial charge in [0.1, 0.15) is 22.8 Å². The van der Waals surface area contributed by atoms with Crippen molar-refractivity contribution < 1.29 is 9.18 Å². The third-order valence-electron chi connectivity index (χ3n) is 7.70. The number of fused-ring (bicyclic) bond motifs is 1. The first kappa shape index (κ1) is 27.8. The SMILES string of the molecule is Cc1ccc(Cc2nc(N3CCCN(C(=O)[C@@H](Cl)c4ccccc4)CC3)c3c(C)nn(-c4ccc(F)cc4)c3n2)cc1. The monoisotopic (exact) mass is 582 g/mol. The maximum absolute atomic E-state index is 13.7. The number of halogens is 2. The Morgan fingerprint density at radius 2 is 1.64 bits per heavy atom. The van der Waals surface area contributed by atoms with Crippen LogP contribution in [0.5, 0.6) is 0 Å². The molecule has 1 atom stereocenters. The lowest BCUT2D eigenvalue weighted by atomic mass is 10.1. The van der Waals surface area contributed by atoms with E-state index in [1.54, 1.807) is 16.8 Å². The fourth-order valence-corrected chi connectivity index (χ4v) is 5.72. The summed E-state index contributed by atoms with van der Waals surface area (Å²) in [6.07, 6.45) is 1.33. The summed E-state index contributed by atoms with van der Waals surface area (Å²) in [4.78, 5) is 27.5. The van der Waals surface area contributed by atoms with Crippen LogP contribution in [0.15, 0.2) is 78.9 Å². The number of anilines is 1. The normalized spacial score (nSPS) is 14.7. The minimum atomic E-state index is -0.721. The molecule has 0 bridgehead atoms. The smallest absolute Gasteiger partial charge is 0.245 e. The molecule has 9 heteroatoms. The van der Waals surface area contributed by atoms with E-state index in [0.29, 0.717) is 37.5 Å². The Bertz CT molecular complexity index is 1710. The van der Waals surface area contributed by atoms with Crippen molar-refractivity contribution in [1.82, 2.24) is 24.6 Å². The quantitative estimate of drug-likeness (QED) is 0.224.